The van der Waals surface area contributed by atoms with E-state index in [0.29, 0.717) is 5.82 Å². The molecule has 2 aromatic carbocycles. The summed E-state index contributed by atoms with van der Waals surface area (Å²) in [6.45, 7) is 0. The number of aromatic nitrogens is 1. The molecule has 3 nitrogen and oxygen atoms in total. The summed E-state index contributed by atoms with van der Waals surface area (Å²) in [6.07, 6.45) is 1.77. The van der Waals surface area contributed by atoms with Gasteiger partial charge in [0, 0.05) is 16.8 Å². The van der Waals surface area contributed by atoms with E-state index in [9.17, 15) is 0 Å². The molecule has 0 bridgehead atoms. The molecule has 0 aliphatic heterocycles. The molecule has 1 heterocycles. The molecule has 0 saturated carbocycles. The SMILES string of the molecule is NNc1cc(CSc2ccc3ccccc3c2)ccn1. The molecule has 0 aliphatic rings. The molecule has 4 heteroatoms. The summed E-state index contributed by atoms with van der Waals surface area (Å²) in [5.41, 5.74) is 3.77. The van der Waals surface area contributed by atoms with Crippen LogP contribution >= 0.6 is 11.8 Å². The number of nitrogen functional groups attached to an aromatic ring is 1. The fourth-order valence-corrected chi connectivity index (χ4v) is 2.95. The first kappa shape index (κ1) is 13.0. The van der Waals surface area contributed by atoms with Gasteiger partial charge in [-0.15, -0.1) is 11.8 Å². The number of fused-ring (bicyclic) bond motifs is 1. The van der Waals surface area contributed by atoms with Gasteiger partial charge in [0.05, 0.1) is 0 Å². The van der Waals surface area contributed by atoms with Gasteiger partial charge in [-0.05, 0) is 40.6 Å². The number of pyridine rings is 1. The van der Waals surface area contributed by atoms with Crippen LogP contribution < -0.4 is 11.3 Å². The van der Waals surface area contributed by atoms with Crippen LogP contribution in [-0.2, 0) is 5.75 Å². The van der Waals surface area contributed by atoms with Crippen LogP contribution in [0.3, 0.4) is 0 Å². The Hall–Kier alpha value is -2.04. The van der Waals surface area contributed by atoms with Gasteiger partial charge in [0.2, 0.25) is 0 Å². The van der Waals surface area contributed by atoms with Gasteiger partial charge in [0.25, 0.3) is 0 Å². The van der Waals surface area contributed by atoms with E-state index in [1.54, 1.807) is 6.20 Å². The number of nitrogens with zero attached hydrogens (tertiary/aromatic N) is 1. The van der Waals surface area contributed by atoms with E-state index in [-0.39, 0.29) is 0 Å². The van der Waals surface area contributed by atoms with Crippen molar-refractivity contribution in [3.8, 4) is 0 Å². The maximum absolute atomic E-state index is 5.37. The zero-order chi connectivity index (χ0) is 13.8. The summed E-state index contributed by atoms with van der Waals surface area (Å²) in [6, 6.07) is 18.9. The molecule has 3 rings (SSSR count). The first-order valence-electron chi connectivity index (χ1n) is 6.38. The third-order valence-corrected chi connectivity index (χ3v) is 4.16. The van der Waals surface area contributed by atoms with Gasteiger partial charge in [-0.2, -0.15) is 0 Å². The number of anilines is 1. The summed E-state index contributed by atoms with van der Waals surface area (Å²) in [7, 11) is 0. The molecular formula is C16H15N3S. The lowest BCUT2D eigenvalue weighted by Crippen LogP contribution is -2.08. The average molecular weight is 281 g/mol. The van der Waals surface area contributed by atoms with Crippen molar-refractivity contribution in [3.63, 3.8) is 0 Å². The standard InChI is InChI=1S/C16H15N3S/c17-19-16-9-12(7-8-18-16)11-20-15-6-5-13-3-1-2-4-14(13)10-15/h1-10H,11,17H2,(H,18,19). The maximum atomic E-state index is 5.37. The van der Waals surface area contributed by atoms with Gasteiger partial charge in [0.15, 0.2) is 0 Å². The largest absolute Gasteiger partial charge is 0.308 e. The number of hydrogen-bond donors (Lipinski definition) is 2. The zero-order valence-electron chi connectivity index (χ0n) is 10.9. The van der Waals surface area contributed by atoms with Crippen LogP contribution in [0.4, 0.5) is 5.82 Å². The third-order valence-electron chi connectivity index (χ3n) is 3.10. The molecule has 0 fully saturated rings. The van der Waals surface area contributed by atoms with Crippen molar-refractivity contribution in [1.82, 2.24) is 4.98 Å². The van der Waals surface area contributed by atoms with Gasteiger partial charge in [-0.1, -0.05) is 30.3 Å². The van der Waals surface area contributed by atoms with Crippen molar-refractivity contribution >= 4 is 28.4 Å². The highest BCUT2D eigenvalue weighted by molar-refractivity contribution is 7.98. The van der Waals surface area contributed by atoms with Crippen molar-refractivity contribution in [2.75, 3.05) is 5.43 Å². The fourth-order valence-electron chi connectivity index (χ4n) is 2.07. The number of benzene rings is 2. The number of hydrogen-bond acceptors (Lipinski definition) is 4. The number of thioether (sulfide) groups is 1. The smallest absolute Gasteiger partial charge is 0.140 e. The fraction of sp³-hybridized carbons (Fsp3) is 0.0625. The van der Waals surface area contributed by atoms with Crippen LogP contribution in [-0.4, -0.2) is 4.98 Å². The Bertz CT molecular complexity index is 727. The van der Waals surface area contributed by atoms with E-state index >= 15 is 0 Å². The van der Waals surface area contributed by atoms with Gasteiger partial charge in [0.1, 0.15) is 5.82 Å². The van der Waals surface area contributed by atoms with Crippen molar-refractivity contribution in [1.29, 1.82) is 0 Å². The second kappa shape index (κ2) is 5.94. The Kier molecular flexibility index (Phi) is 3.85. The van der Waals surface area contributed by atoms with Crippen molar-refractivity contribution in [2.45, 2.75) is 10.6 Å². The highest BCUT2D eigenvalue weighted by atomic mass is 32.2. The van der Waals surface area contributed by atoms with Crippen LogP contribution in [0.15, 0.2) is 65.7 Å². The van der Waals surface area contributed by atoms with Crippen LogP contribution in [0.5, 0.6) is 0 Å². The molecule has 3 N–H and O–H groups in total. The first-order valence-corrected chi connectivity index (χ1v) is 7.37. The molecule has 0 radical (unpaired) electrons. The minimum Gasteiger partial charge on any atom is -0.308 e. The summed E-state index contributed by atoms with van der Waals surface area (Å²) in [5.74, 6) is 6.96. The monoisotopic (exact) mass is 281 g/mol. The van der Waals surface area contributed by atoms with E-state index in [0.717, 1.165) is 5.75 Å². The Morgan fingerprint density at radius 1 is 1.00 bits per heavy atom. The van der Waals surface area contributed by atoms with Gasteiger partial charge < -0.3 is 5.43 Å². The highest BCUT2D eigenvalue weighted by Crippen LogP contribution is 2.26. The molecule has 0 spiro atoms. The number of nitrogens with two attached hydrogens (primary N) is 1. The summed E-state index contributed by atoms with van der Waals surface area (Å²) in [4.78, 5) is 5.37. The predicted molar refractivity (Wildman–Crippen MR) is 85.6 cm³/mol. The Morgan fingerprint density at radius 3 is 2.70 bits per heavy atom. The lowest BCUT2D eigenvalue weighted by atomic mass is 10.1. The third kappa shape index (κ3) is 2.92. The number of rotatable bonds is 4. The maximum Gasteiger partial charge on any atom is 0.140 e. The molecule has 100 valence electrons. The molecule has 0 amide bonds. The first-order chi connectivity index (χ1) is 9.85. The van der Waals surface area contributed by atoms with Gasteiger partial charge >= 0.3 is 0 Å². The van der Waals surface area contributed by atoms with Gasteiger partial charge in [-0.25, -0.2) is 10.8 Å². The van der Waals surface area contributed by atoms with E-state index < -0.39 is 0 Å². The molecule has 0 aliphatic carbocycles. The van der Waals surface area contributed by atoms with E-state index in [4.69, 9.17) is 5.84 Å². The molecule has 0 saturated heterocycles. The molecule has 0 atom stereocenters. The summed E-state index contributed by atoms with van der Waals surface area (Å²) in [5, 5.41) is 2.55. The highest BCUT2D eigenvalue weighted by Gasteiger charge is 2.00. The predicted octanol–water partition coefficient (Wildman–Crippen LogP) is 3.81. The summed E-state index contributed by atoms with van der Waals surface area (Å²) >= 11 is 1.81. The number of hydrazine groups is 1. The number of nitrogens with one attached hydrogen (secondary N) is 1. The molecular weight excluding hydrogens is 266 g/mol. The van der Waals surface area contributed by atoms with Crippen LogP contribution in [0, 0.1) is 0 Å². The Morgan fingerprint density at radius 2 is 1.85 bits per heavy atom. The molecule has 3 aromatic rings. The minimum absolute atomic E-state index is 0.696. The van der Waals surface area contributed by atoms with Crippen LogP contribution in [0.2, 0.25) is 0 Å². The second-order valence-corrected chi connectivity index (χ2v) is 5.54. The van der Waals surface area contributed by atoms with Gasteiger partial charge in [-0.3, -0.25) is 0 Å². The normalized spacial score (nSPS) is 10.7. The zero-order valence-corrected chi connectivity index (χ0v) is 11.7. The van der Waals surface area contributed by atoms with E-state index in [2.05, 4.69) is 52.9 Å². The summed E-state index contributed by atoms with van der Waals surface area (Å²) < 4.78 is 0. The Balaban J connectivity index is 1.76. The molecule has 20 heavy (non-hydrogen) atoms. The quantitative estimate of drug-likeness (QED) is 0.434. The van der Waals surface area contributed by atoms with Crippen LogP contribution in [0.25, 0.3) is 10.8 Å². The Labute approximate surface area is 122 Å². The lowest BCUT2D eigenvalue weighted by molar-refractivity contribution is 1.20. The molecule has 0 unspecified atom stereocenters. The second-order valence-electron chi connectivity index (χ2n) is 4.49. The van der Waals surface area contributed by atoms with E-state index in [1.807, 2.05) is 23.9 Å². The lowest BCUT2D eigenvalue weighted by Gasteiger charge is -2.05. The van der Waals surface area contributed by atoms with Crippen molar-refractivity contribution in [3.05, 3.63) is 66.4 Å². The average Bonchev–Trinajstić information content (AvgIpc) is 2.53. The molecule has 1 aromatic heterocycles. The van der Waals surface area contributed by atoms with E-state index in [1.165, 1.54) is 21.2 Å². The van der Waals surface area contributed by atoms with Crippen molar-refractivity contribution < 1.29 is 0 Å². The van der Waals surface area contributed by atoms with Crippen molar-refractivity contribution in [2.24, 2.45) is 5.84 Å². The minimum atomic E-state index is 0.696. The topological polar surface area (TPSA) is 50.9 Å². The van der Waals surface area contributed by atoms with Crippen LogP contribution in [0.1, 0.15) is 5.56 Å².